The van der Waals surface area contributed by atoms with Crippen LogP contribution in [0.4, 0.5) is 5.69 Å². The summed E-state index contributed by atoms with van der Waals surface area (Å²) >= 11 is 3.45. The number of carbonyl (C=O) groups excluding carboxylic acids is 2. The van der Waals surface area contributed by atoms with Gasteiger partial charge in [0.2, 0.25) is 11.8 Å². The predicted molar refractivity (Wildman–Crippen MR) is 102 cm³/mol. The number of hydrogen-bond acceptors (Lipinski definition) is 2. The Kier molecular flexibility index (Phi) is 5.53. The van der Waals surface area contributed by atoms with Crippen molar-refractivity contribution >= 4 is 33.4 Å². The van der Waals surface area contributed by atoms with Gasteiger partial charge in [-0.15, -0.1) is 0 Å². The van der Waals surface area contributed by atoms with Crippen molar-refractivity contribution in [2.75, 3.05) is 11.9 Å². The molecule has 5 heteroatoms. The highest BCUT2D eigenvalue weighted by molar-refractivity contribution is 9.10. The van der Waals surface area contributed by atoms with Crippen LogP contribution < -0.4 is 5.32 Å². The zero-order valence-corrected chi connectivity index (χ0v) is 15.8. The summed E-state index contributed by atoms with van der Waals surface area (Å²) < 4.78 is 0.993. The van der Waals surface area contributed by atoms with Gasteiger partial charge in [-0.1, -0.05) is 53.2 Å². The van der Waals surface area contributed by atoms with Gasteiger partial charge in [0.1, 0.15) is 0 Å². The molecule has 1 aliphatic rings. The Morgan fingerprint density at radius 2 is 2.00 bits per heavy atom. The number of likely N-dealkylation sites (tertiary alicyclic amines) is 1. The van der Waals surface area contributed by atoms with E-state index in [0.717, 1.165) is 27.7 Å². The number of hydrogen-bond donors (Lipinski definition) is 1. The molecule has 1 N–H and O–H groups in total. The molecule has 0 radical (unpaired) electrons. The van der Waals surface area contributed by atoms with Crippen LogP contribution in [0, 0.1) is 5.92 Å². The smallest absolute Gasteiger partial charge is 0.229 e. The maximum Gasteiger partial charge on any atom is 0.229 e. The van der Waals surface area contributed by atoms with E-state index in [2.05, 4.69) is 28.2 Å². The van der Waals surface area contributed by atoms with E-state index in [-0.39, 0.29) is 24.2 Å². The molecule has 0 saturated carbocycles. The Morgan fingerprint density at radius 1 is 1.24 bits per heavy atom. The number of aryl methyl sites for hydroxylation is 1. The van der Waals surface area contributed by atoms with Crippen LogP contribution in [0.2, 0.25) is 0 Å². The maximum absolute atomic E-state index is 12.6. The average molecular weight is 401 g/mol. The summed E-state index contributed by atoms with van der Waals surface area (Å²) in [5.74, 6) is -0.346. The van der Waals surface area contributed by atoms with E-state index < -0.39 is 0 Å². The lowest BCUT2D eigenvalue weighted by Crippen LogP contribution is -2.28. The minimum Gasteiger partial charge on any atom is -0.338 e. The van der Waals surface area contributed by atoms with Crippen LogP contribution in [-0.4, -0.2) is 23.3 Å². The van der Waals surface area contributed by atoms with Crippen molar-refractivity contribution in [1.82, 2.24) is 4.90 Å². The van der Waals surface area contributed by atoms with Gasteiger partial charge in [0.15, 0.2) is 0 Å². The van der Waals surface area contributed by atoms with Crippen LogP contribution in [0.25, 0.3) is 0 Å². The quantitative estimate of drug-likeness (QED) is 0.824. The Morgan fingerprint density at radius 3 is 2.72 bits per heavy atom. The fourth-order valence-electron chi connectivity index (χ4n) is 3.12. The van der Waals surface area contributed by atoms with Crippen molar-refractivity contribution in [3.8, 4) is 0 Å². The number of nitrogens with zero attached hydrogens (tertiary/aromatic N) is 1. The highest BCUT2D eigenvalue weighted by Crippen LogP contribution is 2.25. The molecule has 130 valence electrons. The SMILES string of the molecule is CCc1cc(Br)ccc1NC(=O)[C@@H]1CC(=O)N(Cc2ccccc2)C1. The Hall–Kier alpha value is -2.14. The zero-order chi connectivity index (χ0) is 17.8. The van der Waals surface area contributed by atoms with Crippen molar-refractivity contribution in [3.63, 3.8) is 0 Å². The summed E-state index contributed by atoms with van der Waals surface area (Å²) in [5.41, 5.74) is 2.98. The molecule has 2 amide bonds. The van der Waals surface area contributed by atoms with Gasteiger partial charge in [0.05, 0.1) is 5.92 Å². The zero-order valence-electron chi connectivity index (χ0n) is 14.2. The van der Waals surface area contributed by atoms with Crippen LogP contribution in [0.1, 0.15) is 24.5 Å². The molecule has 0 spiro atoms. The number of nitrogens with one attached hydrogen (secondary N) is 1. The minimum atomic E-state index is -0.301. The maximum atomic E-state index is 12.6. The van der Waals surface area contributed by atoms with Crippen LogP contribution in [-0.2, 0) is 22.6 Å². The van der Waals surface area contributed by atoms with Crippen molar-refractivity contribution < 1.29 is 9.59 Å². The summed E-state index contributed by atoms with van der Waals surface area (Å²) in [4.78, 5) is 26.6. The van der Waals surface area contributed by atoms with Gasteiger partial charge in [-0.25, -0.2) is 0 Å². The third-order valence-corrected chi connectivity index (χ3v) is 5.00. The van der Waals surface area contributed by atoms with E-state index >= 15 is 0 Å². The van der Waals surface area contributed by atoms with E-state index in [9.17, 15) is 9.59 Å². The lowest BCUT2D eigenvalue weighted by Gasteiger charge is -2.17. The third-order valence-electron chi connectivity index (χ3n) is 4.51. The first-order valence-corrected chi connectivity index (χ1v) is 9.27. The van der Waals surface area contributed by atoms with E-state index in [4.69, 9.17) is 0 Å². The van der Waals surface area contributed by atoms with Gasteiger partial charge in [0.25, 0.3) is 0 Å². The van der Waals surface area contributed by atoms with Crippen LogP contribution in [0.3, 0.4) is 0 Å². The van der Waals surface area contributed by atoms with Crippen molar-refractivity contribution in [2.45, 2.75) is 26.3 Å². The molecule has 3 rings (SSSR count). The lowest BCUT2D eigenvalue weighted by molar-refractivity contribution is -0.128. The van der Waals surface area contributed by atoms with E-state index in [1.165, 1.54) is 0 Å². The standard InChI is InChI=1S/C20H21BrN2O2/c1-2-15-10-17(21)8-9-18(15)22-20(25)16-11-19(24)23(13-16)12-14-6-4-3-5-7-14/h3-10,16H,2,11-13H2,1H3,(H,22,25)/t16-/m1/s1. The summed E-state index contributed by atoms with van der Waals surface area (Å²) in [7, 11) is 0. The molecule has 2 aromatic carbocycles. The molecule has 0 aromatic heterocycles. The topological polar surface area (TPSA) is 49.4 Å². The highest BCUT2D eigenvalue weighted by atomic mass is 79.9. The van der Waals surface area contributed by atoms with Crippen LogP contribution in [0.15, 0.2) is 53.0 Å². The van der Waals surface area contributed by atoms with Crippen molar-refractivity contribution in [2.24, 2.45) is 5.92 Å². The Labute approximate surface area is 156 Å². The second-order valence-corrected chi connectivity index (χ2v) is 7.22. The van der Waals surface area contributed by atoms with Gasteiger partial charge >= 0.3 is 0 Å². The molecule has 0 aliphatic carbocycles. The molecule has 1 fully saturated rings. The molecule has 2 aromatic rings. The second-order valence-electron chi connectivity index (χ2n) is 6.31. The number of halogens is 1. The second kappa shape index (κ2) is 7.83. The molecule has 0 unspecified atom stereocenters. The van der Waals surface area contributed by atoms with Crippen LogP contribution in [0.5, 0.6) is 0 Å². The fraction of sp³-hybridized carbons (Fsp3) is 0.300. The Bertz CT molecular complexity index is 777. The predicted octanol–water partition coefficient (Wildman–Crippen LogP) is 4.00. The number of amides is 2. The lowest BCUT2D eigenvalue weighted by atomic mass is 10.1. The summed E-state index contributed by atoms with van der Waals surface area (Å²) in [5, 5.41) is 3.00. The molecule has 1 heterocycles. The van der Waals surface area contributed by atoms with Gasteiger partial charge in [-0.05, 0) is 35.7 Å². The number of carbonyl (C=O) groups is 2. The number of anilines is 1. The third kappa shape index (κ3) is 4.28. The van der Waals surface area contributed by atoms with Gasteiger partial charge < -0.3 is 10.2 Å². The minimum absolute atomic E-state index is 0.0375. The first kappa shape index (κ1) is 17.7. The first-order valence-electron chi connectivity index (χ1n) is 8.47. The average Bonchev–Trinajstić information content (AvgIpc) is 2.98. The summed E-state index contributed by atoms with van der Waals surface area (Å²) in [6, 6.07) is 15.7. The highest BCUT2D eigenvalue weighted by Gasteiger charge is 2.34. The molecule has 0 bridgehead atoms. The normalized spacial score (nSPS) is 17.0. The summed E-state index contributed by atoms with van der Waals surface area (Å²) in [6.07, 6.45) is 1.11. The van der Waals surface area contributed by atoms with E-state index in [1.807, 2.05) is 48.5 Å². The first-order chi connectivity index (χ1) is 12.1. The monoisotopic (exact) mass is 400 g/mol. The van der Waals surface area contributed by atoms with Crippen LogP contribution >= 0.6 is 15.9 Å². The Balaban J connectivity index is 1.65. The van der Waals surface area contributed by atoms with Crippen molar-refractivity contribution in [3.05, 3.63) is 64.1 Å². The largest absolute Gasteiger partial charge is 0.338 e. The summed E-state index contributed by atoms with van der Waals surface area (Å²) in [6.45, 7) is 3.08. The molecule has 1 saturated heterocycles. The van der Waals surface area contributed by atoms with E-state index in [1.54, 1.807) is 4.90 Å². The number of rotatable bonds is 5. The fourth-order valence-corrected chi connectivity index (χ4v) is 3.52. The van der Waals surface area contributed by atoms with Gasteiger partial charge in [-0.2, -0.15) is 0 Å². The van der Waals surface area contributed by atoms with Gasteiger partial charge in [-0.3, -0.25) is 9.59 Å². The van der Waals surface area contributed by atoms with Gasteiger partial charge in [0, 0.05) is 29.7 Å². The molecule has 1 atom stereocenters. The van der Waals surface area contributed by atoms with E-state index in [0.29, 0.717) is 13.1 Å². The molecule has 4 nitrogen and oxygen atoms in total. The van der Waals surface area contributed by atoms with Crippen molar-refractivity contribution in [1.29, 1.82) is 0 Å². The number of benzene rings is 2. The molecule has 1 aliphatic heterocycles. The molecule has 25 heavy (non-hydrogen) atoms. The molecular formula is C20H21BrN2O2. The molecular weight excluding hydrogens is 380 g/mol.